The Labute approximate surface area is 174 Å². The van der Waals surface area contributed by atoms with Crippen molar-refractivity contribution in [2.24, 2.45) is 0 Å². The Morgan fingerprint density at radius 3 is 2.50 bits per heavy atom. The fraction of sp³-hybridized carbons (Fsp3) is 0.174. The van der Waals surface area contributed by atoms with Crippen LogP contribution in [0, 0.1) is 0 Å². The average molecular weight is 406 g/mol. The lowest BCUT2D eigenvalue weighted by atomic mass is 10.0. The lowest BCUT2D eigenvalue weighted by Gasteiger charge is -2.38. The Kier molecular flexibility index (Phi) is 5.10. The molecule has 1 atom stereocenters. The lowest BCUT2D eigenvalue weighted by Crippen LogP contribution is -2.43. The number of nitrogens with zero attached hydrogens (tertiary/aromatic N) is 1. The van der Waals surface area contributed by atoms with Crippen LogP contribution in [-0.4, -0.2) is 29.8 Å². The van der Waals surface area contributed by atoms with Gasteiger partial charge in [0.05, 0.1) is 19.3 Å². The van der Waals surface area contributed by atoms with E-state index >= 15 is 0 Å². The van der Waals surface area contributed by atoms with Gasteiger partial charge in [-0.05, 0) is 55.5 Å². The molecule has 1 amide bonds. The van der Waals surface area contributed by atoms with Gasteiger partial charge in [-0.2, -0.15) is 0 Å². The zero-order valence-electron chi connectivity index (χ0n) is 16.6. The second-order valence-corrected chi connectivity index (χ2v) is 6.79. The number of anilines is 2. The number of rotatable bonds is 5. The highest BCUT2D eigenvalue weighted by Gasteiger charge is 2.35. The summed E-state index contributed by atoms with van der Waals surface area (Å²) in [7, 11) is 1.40. The topological polar surface area (TPSA) is 91.3 Å². The third kappa shape index (κ3) is 3.34. The Balaban J connectivity index is 1.84. The number of amides is 1. The Bertz CT molecular complexity index is 1080. The summed E-state index contributed by atoms with van der Waals surface area (Å²) in [6.07, 6.45) is -0.634. The van der Waals surface area contributed by atoms with Gasteiger partial charge in [0.2, 0.25) is 5.75 Å². The van der Waals surface area contributed by atoms with Crippen LogP contribution in [0.1, 0.15) is 29.0 Å². The predicted molar refractivity (Wildman–Crippen MR) is 114 cm³/mol. The predicted octanol–water partition coefficient (Wildman–Crippen LogP) is 4.28. The van der Waals surface area contributed by atoms with E-state index in [1.54, 1.807) is 29.2 Å². The molecule has 0 unspecified atom stereocenters. The molecule has 0 saturated carbocycles. The van der Waals surface area contributed by atoms with Crippen LogP contribution >= 0.6 is 0 Å². The van der Waals surface area contributed by atoms with E-state index in [0.717, 1.165) is 0 Å². The number of aromatic hydroxyl groups is 2. The van der Waals surface area contributed by atoms with Crippen LogP contribution in [0.3, 0.4) is 0 Å². The highest BCUT2D eigenvalue weighted by atomic mass is 16.5. The largest absolute Gasteiger partial charge is 0.504 e. The van der Waals surface area contributed by atoms with E-state index in [-0.39, 0.29) is 23.2 Å². The van der Waals surface area contributed by atoms with Crippen molar-refractivity contribution in [1.29, 1.82) is 0 Å². The van der Waals surface area contributed by atoms with Gasteiger partial charge >= 0.3 is 0 Å². The molecule has 3 aromatic carbocycles. The highest BCUT2D eigenvalue weighted by molar-refractivity contribution is 6.12. The number of hydrogen-bond acceptors (Lipinski definition) is 6. The molecule has 3 aromatic rings. The van der Waals surface area contributed by atoms with Crippen molar-refractivity contribution in [3.05, 3.63) is 71.8 Å². The van der Waals surface area contributed by atoms with Crippen molar-refractivity contribution in [2.75, 3.05) is 23.9 Å². The molecular formula is C23H22N2O5. The molecule has 0 bridgehead atoms. The standard InChI is InChI=1S/C23H22N2O5/c1-3-30-16-10-8-15(9-11-16)25-22(14-12-19(26)21(27)20(13-14)29-2)24-18-7-5-4-6-17(18)23(25)28/h4-13,22,24,26-27H,3H2,1-2H3/t22-/m0/s1. The number of methoxy groups -OCH3 is 1. The number of carbonyl (C=O) groups excluding carboxylic acids is 1. The van der Waals surface area contributed by atoms with Gasteiger partial charge in [-0.1, -0.05) is 12.1 Å². The number of hydrogen-bond donors (Lipinski definition) is 3. The van der Waals surface area contributed by atoms with Crippen molar-refractivity contribution < 1.29 is 24.5 Å². The van der Waals surface area contributed by atoms with Crippen LogP contribution in [0.15, 0.2) is 60.7 Å². The maximum atomic E-state index is 13.4. The zero-order valence-corrected chi connectivity index (χ0v) is 16.6. The van der Waals surface area contributed by atoms with Crippen LogP contribution < -0.4 is 19.7 Å². The highest BCUT2D eigenvalue weighted by Crippen LogP contribution is 2.42. The Hall–Kier alpha value is -3.87. The zero-order chi connectivity index (χ0) is 21.3. The molecule has 30 heavy (non-hydrogen) atoms. The Morgan fingerprint density at radius 1 is 1.07 bits per heavy atom. The summed E-state index contributed by atoms with van der Waals surface area (Å²) in [5.74, 6) is -0.0464. The van der Waals surface area contributed by atoms with Gasteiger partial charge < -0.3 is 25.0 Å². The summed E-state index contributed by atoms with van der Waals surface area (Å²) in [5, 5.41) is 23.5. The van der Waals surface area contributed by atoms with Gasteiger partial charge in [0.1, 0.15) is 11.9 Å². The first-order valence-electron chi connectivity index (χ1n) is 9.55. The average Bonchev–Trinajstić information content (AvgIpc) is 2.76. The van der Waals surface area contributed by atoms with E-state index in [9.17, 15) is 15.0 Å². The SMILES string of the molecule is CCOc1ccc(N2C(=O)c3ccccc3N[C@@H]2c2cc(O)c(O)c(OC)c2)cc1. The van der Waals surface area contributed by atoms with E-state index < -0.39 is 6.17 Å². The first kappa shape index (κ1) is 19.4. The minimum atomic E-state index is -0.634. The summed E-state index contributed by atoms with van der Waals surface area (Å²) >= 11 is 0. The molecule has 7 heteroatoms. The van der Waals surface area contributed by atoms with Gasteiger partial charge in [0.15, 0.2) is 11.5 Å². The molecule has 0 fully saturated rings. The molecule has 1 aliphatic rings. The van der Waals surface area contributed by atoms with Crippen molar-refractivity contribution in [2.45, 2.75) is 13.1 Å². The molecule has 0 radical (unpaired) electrons. The third-order valence-electron chi connectivity index (χ3n) is 4.97. The molecule has 1 heterocycles. The molecule has 0 aliphatic carbocycles. The number of para-hydroxylation sites is 1. The van der Waals surface area contributed by atoms with E-state index in [1.807, 2.05) is 37.3 Å². The van der Waals surface area contributed by atoms with E-state index in [0.29, 0.717) is 34.9 Å². The lowest BCUT2D eigenvalue weighted by molar-refractivity contribution is 0.0974. The van der Waals surface area contributed by atoms with Crippen molar-refractivity contribution in [1.82, 2.24) is 0 Å². The molecule has 3 N–H and O–H groups in total. The number of phenols is 2. The fourth-order valence-electron chi connectivity index (χ4n) is 3.55. The summed E-state index contributed by atoms with van der Waals surface area (Å²) in [5.41, 5.74) is 2.43. The van der Waals surface area contributed by atoms with Crippen LogP contribution in [0.5, 0.6) is 23.0 Å². The minimum absolute atomic E-state index is 0.116. The molecular weight excluding hydrogens is 384 g/mol. The number of phenolic OH excluding ortho intramolecular Hbond substituents is 2. The monoisotopic (exact) mass is 406 g/mol. The molecule has 4 rings (SSSR count). The quantitative estimate of drug-likeness (QED) is 0.548. The van der Waals surface area contributed by atoms with Gasteiger partial charge in [0, 0.05) is 16.9 Å². The van der Waals surface area contributed by atoms with E-state index in [2.05, 4.69) is 5.32 Å². The maximum absolute atomic E-state index is 13.4. The van der Waals surface area contributed by atoms with Crippen molar-refractivity contribution >= 4 is 17.3 Å². The van der Waals surface area contributed by atoms with Crippen molar-refractivity contribution in [3.8, 4) is 23.0 Å². The normalized spacial score (nSPS) is 15.3. The van der Waals surface area contributed by atoms with Crippen molar-refractivity contribution in [3.63, 3.8) is 0 Å². The van der Waals surface area contributed by atoms with Crippen LogP contribution in [0.25, 0.3) is 0 Å². The first-order valence-corrected chi connectivity index (χ1v) is 9.55. The van der Waals surface area contributed by atoms with Crippen LogP contribution in [-0.2, 0) is 0 Å². The number of benzene rings is 3. The first-order chi connectivity index (χ1) is 14.5. The molecule has 0 saturated heterocycles. The van der Waals surface area contributed by atoms with E-state index in [1.165, 1.54) is 13.2 Å². The molecule has 154 valence electrons. The van der Waals surface area contributed by atoms with Gasteiger partial charge in [0.25, 0.3) is 5.91 Å². The summed E-state index contributed by atoms with van der Waals surface area (Å²) in [6.45, 7) is 2.45. The summed E-state index contributed by atoms with van der Waals surface area (Å²) < 4.78 is 10.7. The molecule has 0 aromatic heterocycles. The van der Waals surface area contributed by atoms with E-state index in [4.69, 9.17) is 9.47 Å². The van der Waals surface area contributed by atoms with Gasteiger partial charge in [-0.25, -0.2) is 0 Å². The summed E-state index contributed by atoms with van der Waals surface area (Å²) in [6, 6.07) is 17.5. The van der Waals surface area contributed by atoms with Gasteiger partial charge in [-0.3, -0.25) is 9.69 Å². The second-order valence-electron chi connectivity index (χ2n) is 6.79. The third-order valence-corrected chi connectivity index (χ3v) is 4.97. The Morgan fingerprint density at radius 2 is 1.80 bits per heavy atom. The minimum Gasteiger partial charge on any atom is -0.504 e. The van der Waals surface area contributed by atoms with Gasteiger partial charge in [-0.15, -0.1) is 0 Å². The smallest absolute Gasteiger partial charge is 0.262 e. The number of fused-ring (bicyclic) bond motifs is 1. The number of ether oxygens (including phenoxy) is 2. The second kappa shape index (κ2) is 7.87. The fourth-order valence-corrected chi connectivity index (χ4v) is 3.55. The number of carbonyl (C=O) groups is 1. The maximum Gasteiger partial charge on any atom is 0.262 e. The van der Waals surface area contributed by atoms with Crippen LogP contribution in [0.4, 0.5) is 11.4 Å². The molecule has 1 aliphatic heterocycles. The number of nitrogens with one attached hydrogen (secondary N) is 1. The summed E-state index contributed by atoms with van der Waals surface area (Å²) in [4.78, 5) is 15.0. The molecule has 7 nitrogen and oxygen atoms in total. The van der Waals surface area contributed by atoms with Crippen LogP contribution in [0.2, 0.25) is 0 Å². The molecule has 0 spiro atoms.